The molecule has 0 fully saturated rings. The first kappa shape index (κ1) is 13.7. The molecule has 2 nitrogen and oxygen atoms in total. The Morgan fingerprint density at radius 1 is 1.20 bits per heavy atom. The highest BCUT2D eigenvalue weighted by molar-refractivity contribution is 9.10. The van der Waals surface area contributed by atoms with Crippen LogP contribution in [0.15, 0.2) is 40.9 Å². The summed E-state index contributed by atoms with van der Waals surface area (Å²) in [5, 5.41) is 0. The van der Waals surface area contributed by atoms with Gasteiger partial charge in [0, 0.05) is 28.9 Å². The molecule has 3 rings (SSSR count). The molecule has 1 aliphatic rings. The number of hydrogen-bond donors (Lipinski definition) is 1. The van der Waals surface area contributed by atoms with Gasteiger partial charge in [-0.15, -0.1) is 0 Å². The van der Waals surface area contributed by atoms with Crippen LogP contribution in [-0.2, 0) is 13.0 Å². The van der Waals surface area contributed by atoms with Gasteiger partial charge in [0.15, 0.2) is 0 Å². The van der Waals surface area contributed by atoms with E-state index in [2.05, 4.69) is 64.2 Å². The minimum Gasteiger partial charge on any atom is -0.341 e. The van der Waals surface area contributed by atoms with Crippen LogP contribution in [0, 0.1) is 6.92 Å². The highest BCUT2D eigenvalue weighted by atomic mass is 79.9. The molecule has 0 atom stereocenters. The molecular formula is C17H19BrN2. The topological polar surface area (TPSA) is 29.3 Å². The molecule has 0 radical (unpaired) electrons. The van der Waals surface area contributed by atoms with Gasteiger partial charge in [-0.2, -0.15) is 0 Å². The van der Waals surface area contributed by atoms with E-state index in [0.29, 0.717) is 6.54 Å². The first-order valence-corrected chi connectivity index (χ1v) is 7.83. The molecule has 0 amide bonds. The zero-order chi connectivity index (χ0) is 14.1. The Bertz CT molecular complexity index is 637. The van der Waals surface area contributed by atoms with Gasteiger partial charge in [0.25, 0.3) is 0 Å². The Hall–Kier alpha value is -1.32. The van der Waals surface area contributed by atoms with E-state index in [-0.39, 0.29) is 0 Å². The van der Waals surface area contributed by atoms with E-state index < -0.39 is 0 Å². The Labute approximate surface area is 128 Å². The van der Waals surface area contributed by atoms with Gasteiger partial charge in [-0.1, -0.05) is 33.6 Å². The summed E-state index contributed by atoms with van der Waals surface area (Å²) in [7, 11) is 0. The minimum atomic E-state index is 0.570. The van der Waals surface area contributed by atoms with Gasteiger partial charge < -0.3 is 10.6 Å². The number of nitrogens with zero attached hydrogens (tertiary/aromatic N) is 1. The van der Waals surface area contributed by atoms with Gasteiger partial charge in [-0.25, -0.2) is 0 Å². The lowest BCUT2D eigenvalue weighted by atomic mass is 9.99. The summed E-state index contributed by atoms with van der Waals surface area (Å²) in [6.07, 6.45) is 2.37. The fraction of sp³-hybridized carbons (Fsp3) is 0.294. The van der Waals surface area contributed by atoms with E-state index in [4.69, 9.17) is 5.73 Å². The number of benzene rings is 2. The molecule has 0 saturated heterocycles. The third-order valence-corrected chi connectivity index (χ3v) is 4.30. The van der Waals surface area contributed by atoms with Gasteiger partial charge in [0.1, 0.15) is 0 Å². The normalized spacial score (nSPS) is 14.2. The van der Waals surface area contributed by atoms with Crippen molar-refractivity contribution in [3.8, 4) is 0 Å². The number of anilines is 2. The first-order valence-electron chi connectivity index (χ1n) is 7.04. The summed E-state index contributed by atoms with van der Waals surface area (Å²) in [4.78, 5) is 2.40. The fourth-order valence-electron chi connectivity index (χ4n) is 2.90. The largest absolute Gasteiger partial charge is 0.341 e. The number of halogens is 1. The molecule has 0 aromatic heterocycles. The summed E-state index contributed by atoms with van der Waals surface area (Å²) in [5.74, 6) is 0. The van der Waals surface area contributed by atoms with Crippen molar-refractivity contribution in [1.82, 2.24) is 0 Å². The van der Waals surface area contributed by atoms with Crippen molar-refractivity contribution >= 4 is 27.3 Å². The SMILES string of the molecule is Cc1ccc2c(c1)CCCN2c1cc(Br)cc(CN)c1. The van der Waals surface area contributed by atoms with Crippen molar-refractivity contribution in [1.29, 1.82) is 0 Å². The van der Waals surface area contributed by atoms with E-state index in [1.165, 1.54) is 35.3 Å². The number of aryl methyl sites for hydroxylation is 2. The van der Waals surface area contributed by atoms with Crippen molar-refractivity contribution < 1.29 is 0 Å². The minimum absolute atomic E-state index is 0.570. The van der Waals surface area contributed by atoms with E-state index in [1.807, 2.05) is 0 Å². The summed E-state index contributed by atoms with van der Waals surface area (Å²) >= 11 is 3.59. The lowest BCUT2D eigenvalue weighted by Gasteiger charge is -2.32. The summed E-state index contributed by atoms with van der Waals surface area (Å²) in [6, 6.07) is 13.2. The van der Waals surface area contributed by atoms with Crippen LogP contribution in [0.4, 0.5) is 11.4 Å². The van der Waals surface area contributed by atoms with Gasteiger partial charge in [-0.05, 0) is 55.2 Å². The number of fused-ring (bicyclic) bond motifs is 1. The van der Waals surface area contributed by atoms with E-state index >= 15 is 0 Å². The Morgan fingerprint density at radius 2 is 2.05 bits per heavy atom. The van der Waals surface area contributed by atoms with Crippen LogP contribution >= 0.6 is 15.9 Å². The zero-order valence-corrected chi connectivity index (χ0v) is 13.3. The third kappa shape index (κ3) is 2.60. The molecule has 20 heavy (non-hydrogen) atoms. The summed E-state index contributed by atoms with van der Waals surface area (Å²) in [6.45, 7) is 3.79. The van der Waals surface area contributed by atoms with Crippen LogP contribution in [0.1, 0.15) is 23.1 Å². The van der Waals surface area contributed by atoms with Crippen molar-refractivity contribution in [3.63, 3.8) is 0 Å². The van der Waals surface area contributed by atoms with Gasteiger partial charge in [0.2, 0.25) is 0 Å². The highest BCUT2D eigenvalue weighted by Crippen LogP contribution is 2.35. The second-order valence-corrected chi connectivity index (χ2v) is 6.32. The van der Waals surface area contributed by atoms with Crippen LogP contribution in [0.5, 0.6) is 0 Å². The molecule has 0 bridgehead atoms. The molecule has 104 valence electrons. The standard InChI is InChI=1S/C17H19BrN2/c1-12-4-5-17-14(7-12)3-2-6-20(17)16-9-13(11-19)8-15(18)10-16/h4-5,7-10H,2-3,6,11,19H2,1H3. The number of rotatable bonds is 2. The fourth-order valence-corrected chi connectivity index (χ4v) is 3.43. The van der Waals surface area contributed by atoms with Crippen LogP contribution in [-0.4, -0.2) is 6.54 Å². The van der Waals surface area contributed by atoms with Crippen molar-refractivity contribution in [2.24, 2.45) is 5.73 Å². The maximum Gasteiger partial charge on any atom is 0.0443 e. The van der Waals surface area contributed by atoms with Gasteiger partial charge in [0.05, 0.1) is 0 Å². The molecule has 0 aliphatic carbocycles. The van der Waals surface area contributed by atoms with E-state index in [9.17, 15) is 0 Å². The predicted octanol–water partition coefficient (Wildman–Crippen LogP) is 4.30. The second kappa shape index (κ2) is 5.58. The molecule has 2 aromatic rings. The monoisotopic (exact) mass is 330 g/mol. The van der Waals surface area contributed by atoms with Crippen molar-refractivity contribution in [2.75, 3.05) is 11.4 Å². The quantitative estimate of drug-likeness (QED) is 0.889. The predicted molar refractivity (Wildman–Crippen MR) is 88.5 cm³/mol. The Balaban J connectivity index is 2.06. The third-order valence-electron chi connectivity index (χ3n) is 3.84. The molecule has 0 saturated carbocycles. The Morgan fingerprint density at radius 3 is 2.85 bits per heavy atom. The number of hydrogen-bond acceptors (Lipinski definition) is 2. The van der Waals surface area contributed by atoms with Crippen LogP contribution in [0.3, 0.4) is 0 Å². The number of nitrogens with two attached hydrogens (primary N) is 1. The molecular weight excluding hydrogens is 312 g/mol. The molecule has 3 heteroatoms. The van der Waals surface area contributed by atoms with Crippen LogP contribution in [0.25, 0.3) is 0 Å². The molecule has 0 spiro atoms. The molecule has 0 unspecified atom stereocenters. The van der Waals surface area contributed by atoms with E-state index in [0.717, 1.165) is 16.6 Å². The smallest absolute Gasteiger partial charge is 0.0443 e. The first-order chi connectivity index (χ1) is 9.67. The highest BCUT2D eigenvalue weighted by Gasteiger charge is 2.18. The molecule has 2 N–H and O–H groups in total. The van der Waals surface area contributed by atoms with Crippen molar-refractivity contribution in [2.45, 2.75) is 26.3 Å². The van der Waals surface area contributed by atoms with Gasteiger partial charge in [-0.3, -0.25) is 0 Å². The average molecular weight is 331 g/mol. The lowest BCUT2D eigenvalue weighted by Crippen LogP contribution is -2.24. The molecule has 2 aromatic carbocycles. The molecule has 1 heterocycles. The van der Waals surface area contributed by atoms with Crippen LogP contribution < -0.4 is 10.6 Å². The summed E-state index contributed by atoms with van der Waals surface area (Å²) in [5.41, 5.74) is 12.3. The average Bonchev–Trinajstić information content (AvgIpc) is 2.45. The maximum atomic E-state index is 5.79. The molecule has 1 aliphatic heterocycles. The van der Waals surface area contributed by atoms with Crippen LogP contribution in [0.2, 0.25) is 0 Å². The maximum absolute atomic E-state index is 5.79. The second-order valence-electron chi connectivity index (χ2n) is 5.41. The Kier molecular flexibility index (Phi) is 3.81. The zero-order valence-electron chi connectivity index (χ0n) is 11.7. The summed E-state index contributed by atoms with van der Waals surface area (Å²) < 4.78 is 1.09. The van der Waals surface area contributed by atoms with E-state index in [1.54, 1.807) is 0 Å². The van der Waals surface area contributed by atoms with Crippen molar-refractivity contribution in [3.05, 3.63) is 57.6 Å². The lowest BCUT2D eigenvalue weighted by molar-refractivity contribution is 0.765. The van der Waals surface area contributed by atoms with Gasteiger partial charge >= 0.3 is 0 Å².